The maximum atomic E-state index is 9.84. The Kier molecular flexibility index (Phi) is 3.74. The molecular weight excluding hydrogens is 286 g/mol. The second-order valence-electron chi connectivity index (χ2n) is 7.14. The van der Waals surface area contributed by atoms with Gasteiger partial charge in [0.05, 0.1) is 5.52 Å². The lowest BCUT2D eigenvalue weighted by Gasteiger charge is -2.51. The summed E-state index contributed by atoms with van der Waals surface area (Å²) in [6, 6.07) is 7.74. The standard InChI is InChI=1S/C19H25N3O/c1-2-12-11-22-8-6-13(12)9-18(22)19(20)15-5-7-21-17-4-3-14(23)10-16(15)17/h3-5,7,10,12-13,18-19,23H,2,6,8-9,11,20H2,1H3/t12-,13-,18+,19+/m0/s1. The van der Waals surface area contributed by atoms with Gasteiger partial charge in [0.15, 0.2) is 0 Å². The van der Waals surface area contributed by atoms with Crippen LogP contribution in [0.3, 0.4) is 0 Å². The number of hydrogen-bond acceptors (Lipinski definition) is 4. The molecule has 4 heteroatoms. The highest BCUT2D eigenvalue weighted by Gasteiger charge is 2.41. The van der Waals surface area contributed by atoms with Gasteiger partial charge in [-0.3, -0.25) is 9.88 Å². The Morgan fingerprint density at radius 2 is 2.26 bits per heavy atom. The number of aromatic nitrogens is 1. The molecule has 1 aromatic heterocycles. The highest BCUT2D eigenvalue weighted by molar-refractivity contribution is 5.83. The topological polar surface area (TPSA) is 62.4 Å². The van der Waals surface area contributed by atoms with Gasteiger partial charge in [0.2, 0.25) is 0 Å². The highest BCUT2D eigenvalue weighted by atomic mass is 16.3. The van der Waals surface area contributed by atoms with Gasteiger partial charge in [-0.15, -0.1) is 0 Å². The molecule has 2 aromatic rings. The van der Waals surface area contributed by atoms with E-state index < -0.39 is 0 Å². The van der Waals surface area contributed by atoms with E-state index in [2.05, 4.69) is 16.8 Å². The summed E-state index contributed by atoms with van der Waals surface area (Å²) in [6.07, 6.45) is 5.62. The van der Waals surface area contributed by atoms with E-state index in [4.69, 9.17) is 5.73 Å². The van der Waals surface area contributed by atoms with Crippen LogP contribution in [-0.2, 0) is 0 Å². The second-order valence-corrected chi connectivity index (χ2v) is 7.14. The van der Waals surface area contributed by atoms with Crippen molar-refractivity contribution >= 4 is 10.9 Å². The first-order chi connectivity index (χ1) is 11.2. The van der Waals surface area contributed by atoms with Crippen LogP contribution in [0.5, 0.6) is 5.75 Å². The number of fused-ring (bicyclic) bond motifs is 4. The van der Waals surface area contributed by atoms with Crippen molar-refractivity contribution in [2.45, 2.75) is 38.3 Å². The fourth-order valence-electron chi connectivity index (χ4n) is 4.67. The number of piperidine rings is 3. The summed E-state index contributed by atoms with van der Waals surface area (Å²) in [6.45, 7) is 4.67. The molecular formula is C19H25N3O. The average molecular weight is 311 g/mol. The van der Waals surface area contributed by atoms with Gasteiger partial charge < -0.3 is 10.8 Å². The van der Waals surface area contributed by atoms with E-state index in [-0.39, 0.29) is 11.8 Å². The molecule has 3 aliphatic rings. The van der Waals surface area contributed by atoms with Gasteiger partial charge in [0.1, 0.15) is 5.75 Å². The van der Waals surface area contributed by atoms with Crippen molar-refractivity contribution in [2.75, 3.05) is 13.1 Å². The number of benzene rings is 1. The minimum atomic E-state index is -0.0251. The lowest BCUT2D eigenvalue weighted by atomic mass is 9.72. The molecule has 0 aliphatic carbocycles. The number of phenolic OH excluding ortho intramolecular Hbond substituents is 1. The van der Waals surface area contributed by atoms with Crippen LogP contribution in [0.2, 0.25) is 0 Å². The molecule has 0 saturated carbocycles. The number of pyridine rings is 1. The van der Waals surface area contributed by atoms with Crippen LogP contribution in [0, 0.1) is 11.8 Å². The Balaban J connectivity index is 1.68. The predicted molar refractivity (Wildman–Crippen MR) is 92.2 cm³/mol. The summed E-state index contributed by atoms with van der Waals surface area (Å²) in [5.74, 6) is 1.93. The van der Waals surface area contributed by atoms with Crippen LogP contribution in [-0.4, -0.2) is 34.1 Å². The highest BCUT2D eigenvalue weighted by Crippen LogP contribution is 2.42. The smallest absolute Gasteiger partial charge is 0.116 e. The van der Waals surface area contributed by atoms with Crippen molar-refractivity contribution in [3.63, 3.8) is 0 Å². The van der Waals surface area contributed by atoms with E-state index in [0.29, 0.717) is 6.04 Å². The third kappa shape index (κ3) is 2.50. The predicted octanol–water partition coefficient (Wildman–Crippen LogP) is 3.06. The SMILES string of the molecule is CC[C@H]1CN2CC[C@H]1C[C@@H]2[C@H](N)c1ccnc2ccc(O)cc12. The molecule has 0 spiro atoms. The zero-order chi connectivity index (χ0) is 16.0. The molecule has 122 valence electrons. The van der Waals surface area contributed by atoms with Crippen molar-refractivity contribution in [3.05, 3.63) is 36.0 Å². The molecule has 3 aliphatic heterocycles. The molecule has 5 atom stereocenters. The van der Waals surface area contributed by atoms with Gasteiger partial charge in [-0.1, -0.05) is 13.3 Å². The number of aromatic hydroxyl groups is 1. The van der Waals surface area contributed by atoms with Crippen LogP contribution in [0.1, 0.15) is 37.8 Å². The first kappa shape index (κ1) is 14.9. The van der Waals surface area contributed by atoms with E-state index in [1.807, 2.05) is 18.3 Å². The van der Waals surface area contributed by atoms with E-state index in [1.54, 1.807) is 12.1 Å². The van der Waals surface area contributed by atoms with E-state index >= 15 is 0 Å². The summed E-state index contributed by atoms with van der Waals surface area (Å²) >= 11 is 0. The number of phenols is 1. The first-order valence-electron chi connectivity index (χ1n) is 8.74. The number of rotatable bonds is 3. The monoisotopic (exact) mass is 311 g/mol. The zero-order valence-corrected chi connectivity index (χ0v) is 13.7. The summed E-state index contributed by atoms with van der Waals surface area (Å²) < 4.78 is 0. The Bertz CT molecular complexity index is 717. The van der Waals surface area contributed by atoms with Crippen LogP contribution in [0.4, 0.5) is 0 Å². The number of hydrogen-bond donors (Lipinski definition) is 2. The third-order valence-corrected chi connectivity index (χ3v) is 5.99. The molecule has 4 nitrogen and oxygen atoms in total. The average Bonchev–Trinajstić information content (AvgIpc) is 2.60. The molecule has 1 aromatic carbocycles. The van der Waals surface area contributed by atoms with Crippen molar-refractivity contribution in [3.8, 4) is 5.75 Å². The summed E-state index contributed by atoms with van der Waals surface area (Å²) in [5.41, 5.74) is 8.72. The molecule has 2 bridgehead atoms. The van der Waals surface area contributed by atoms with Crippen molar-refractivity contribution in [1.82, 2.24) is 9.88 Å². The molecule has 0 radical (unpaired) electrons. The summed E-state index contributed by atoms with van der Waals surface area (Å²) in [7, 11) is 0. The van der Waals surface area contributed by atoms with Gasteiger partial charge in [-0.25, -0.2) is 0 Å². The van der Waals surface area contributed by atoms with Gasteiger partial charge >= 0.3 is 0 Å². The maximum absolute atomic E-state index is 9.84. The van der Waals surface area contributed by atoms with Gasteiger partial charge in [-0.2, -0.15) is 0 Å². The Hall–Kier alpha value is -1.65. The number of nitrogens with two attached hydrogens (primary N) is 1. The maximum Gasteiger partial charge on any atom is 0.116 e. The minimum Gasteiger partial charge on any atom is -0.508 e. The van der Waals surface area contributed by atoms with Crippen molar-refractivity contribution in [1.29, 1.82) is 0 Å². The molecule has 3 N–H and O–H groups in total. The van der Waals surface area contributed by atoms with Crippen LogP contribution in [0.25, 0.3) is 10.9 Å². The molecule has 3 saturated heterocycles. The third-order valence-electron chi connectivity index (χ3n) is 5.99. The van der Waals surface area contributed by atoms with E-state index in [0.717, 1.165) is 28.3 Å². The zero-order valence-electron chi connectivity index (χ0n) is 13.7. The molecule has 5 rings (SSSR count). The molecule has 4 heterocycles. The fourth-order valence-corrected chi connectivity index (χ4v) is 4.67. The van der Waals surface area contributed by atoms with E-state index in [9.17, 15) is 5.11 Å². The van der Waals surface area contributed by atoms with Gasteiger partial charge in [0, 0.05) is 30.2 Å². The summed E-state index contributed by atoms with van der Waals surface area (Å²) in [4.78, 5) is 6.99. The Morgan fingerprint density at radius 1 is 1.39 bits per heavy atom. The molecule has 0 amide bonds. The Labute approximate surface area is 137 Å². The van der Waals surface area contributed by atoms with Crippen LogP contribution >= 0.6 is 0 Å². The molecule has 23 heavy (non-hydrogen) atoms. The summed E-state index contributed by atoms with van der Waals surface area (Å²) in [5, 5.41) is 10.8. The van der Waals surface area contributed by atoms with Crippen molar-refractivity contribution < 1.29 is 5.11 Å². The van der Waals surface area contributed by atoms with Crippen LogP contribution in [0.15, 0.2) is 30.5 Å². The minimum absolute atomic E-state index is 0.0251. The molecule has 1 unspecified atom stereocenters. The lowest BCUT2D eigenvalue weighted by molar-refractivity contribution is -0.0105. The molecule has 3 fully saturated rings. The normalized spacial score (nSPS) is 31.4. The largest absolute Gasteiger partial charge is 0.508 e. The quantitative estimate of drug-likeness (QED) is 0.914. The Morgan fingerprint density at radius 3 is 3.00 bits per heavy atom. The lowest BCUT2D eigenvalue weighted by Crippen LogP contribution is -2.56. The fraction of sp³-hybridized carbons (Fsp3) is 0.526. The van der Waals surface area contributed by atoms with E-state index in [1.165, 1.54) is 32.4 Å². The van der Waals surface area contributed by atoms with Crippen molar-refractivity contribution in [2.24, 2.45) is 17.6 Å². The second kappa shape index (κ2) is 5.77. The van der Waals surface area contributed by atoms with Gasteiger partial charge in [0.25, 0.3) is 0 Å². The van der Waals surface area contributed by atoms with Gasteiger partial charge in [-0.05, 0) is 61.1 Å². The first-order valence-corrected chi connectivity index (χ1v) is 8.74. The van der Waals surface area contributed by atoms with Crippen LogP contribution < -0.4 is 5.73 Å². The number of nitrogens with zero attached hydrogens (tertiary/aromatic N) is 2.